The van der Waals surface area contributed by atoms with Crippen molar-refractivity contribution in [1.29, 1.82) is 0 Å². The van der Waals surface area contributed by atoms with E-state index in [1.54, 1.807) is 47.3 Å². The number of aryl methyl sites for hydroxylation is 1. The smallest absolute Gasteiger partial charge is 0.225 e. The van der Waals surface area contributed by atoms with Gasteiger partial charge < -0.3 is 9.88 Å². The van der Waals surface area contributed by atoms with Crippen molar-refractivity contribution in [3.05, 3.63) is 89.5 Å². The van der Waals surface area contributed by atoms with Crippen LogP contribution >= 0.6 is 0 Å². The summed E-state index contributed by atoms with van der Waals surface area (Å²) in [6.07, 6.45) is 3.29. The number of amides is 1. The number of hydrogen-bond acceptors (Lipinski definition) is 2. The monoisotopic (exact) mass is 341 g/mol. The minimum Gasteiger partial charge on any atom is -0.342 e. The Bertz CT molecular complexity index is 874. The van der Waals surface area contributed by atoms with Crippen LogP contribution in [0.5, 0.6) is 0 Å². The van der Waals surface area contributed by atoms with Crippen molar-refractivity contribution >= 4 is 5.91 Å². The highest BCUT2D eigenvalue weighted by Crippen LogP contribution is 2.21. The molecule has 1 aromatic heterocycles. The van der Waals surface area contributed by atoms with Crippen LogP contribution in [-0.2, 0) is 18.3 Å². The summed E-state index contributed by atoms with van der Waals surface area (Å²) in [7, 11) is 1.81. The first-order chi connectivity index (χ1) is 12.0. The molecule has 3 rings (SSSR count). The summed E-state index contributed by atoms with van der Waals surface area (Å²) in [4.78, 5) is 16.7. The standard InChI is InChI=1S/C19H17F2N3O/c1-24-11-10-22-19(24)18(13-6-8-15(20)9-7-13)23-17(25)12-14-4-2-3-5-16(14)21/h2-11,18H,12H2,1H3,(H,23,25). The molecule has 1 N–H and O–H groups in total. The van der Waals surface area contributed by atoms with E-state index in [4.69, 9.17) is 0 Å². The molecule has 4 nitrogen and oxygen atoms in total. The van der Waals surface area contributed by atoms with E-state index in [0.717, 1.165) is 0 Å². The molecule has 0 aliphatic heterocycles. The third-order valence-corrected chi connectivity index (χ3v) is 3.93. The fraction of sp³-hybridized carbons (Fsp3) is 0.158. The second-order valence-electron chi connectivity index (χ2n) is 5.72. The lowest BCUT2D eigenvalue weighted by Gasteiger charge is -2.19. The van der Waals surface area contributed by atoms with Gasteiger partial charge >= 0.3 is 0 Å². The molecule has 0 saturated heterocycles. The van der Waals surface area contributed by atoms with E-state index >= 15 is 0 Å². The Morgan fingerprint density at radius 2 is 1.88 bits per heavy atom. The Kier molecular flexibility index (Phi) is 4.88. The van der Waals surface area contributed by atoms with Crippen LogP contribution in [0.4, 0.5) is 8.78 Å². The fourth-order valence-electron chi connectivity index (χ4n) is 2.63. The quantitative estimate of drug-likeness (QED) is 0.775. The zero-order valence-corrected chi connectivity index (χ0v) is 13.6. The van der Waals surface area contributed by atoms with Gasteiger partial charge in [0.1, 0.15) is 23.5 Å². The minimum atomic E-state index is -0.556. The number of carbonyl (C=O) groups excluding carboxylic acids is 1. The molecule has 0 aliphatic rings. The Labute approximate surface area is 144 Å². The number of nitrogens with one attached hydrogen (secondary N) is 1. The van der Waals surface area contributed by atoms with Gasteiger partial charge in [0.25, 0.3) is 0 Å². The highest BCUT2D eigenvalue weighted by Gasteiger charge is 2.21. The van der Waals surface area contributed by atoms with E-state index in [1.807, 2.05) is 7.05 Å². The summed E-state index contributed by atoms with van der Waals surface area (Å²) in [5, 5.41) is 2.86. The van der Waals surface area contributed by atoms with Crippen molar-refractivity contribution < 1.29 is 13.6 Å². The molecule has 0 fully saturated rings. The predicted molar refractivity (Wildman–Crippen MR) is 89.7 cm³/mol. The molecule has 6 heteroatoms. The maximum atomic E-state index is 13.8. The van der Waals surface area contributed by atoms with Crippen molar-refractivity contribution in [2.24, 2.45) is 7.05 Å². The fourth-order valence-corrected chi connectivity index (χ4v) is 2.63. The van der Waals surface area contributed by atoms with Gasteiger partial charge in [-0.15, -0.1) is 0 Å². The molecule has 25 heavy (non-hydrogen) atoms. The topological polar surface area (TPSA) is 46.9 Å². The van der Waals surface area contributed by atoms with Gasteiger partial charge in [-0.25, -0.2) is 13.8 Å². The third-order valence-electron chi connectivity index (χ3n) is 3.93. The third kappa shape index (κ3) is 3.91. The molecule has 0 radical (unpaired) electrons. The minimum absolute atomic E-state index is 0.0885. The van der Waals surface area contributed by atoms with Gasteiger partial charge in [0.2, 0.25) is 5.91 Å². The molecule has 0 spiro atoms. The van der Waals surface area contributed by atoms with Crippen molar-refractivity contribution in [3.63, 3.8) is 0 Å². The van der Waals surface area contributed by atoms with Gasteiger partial charge in [-0.3, -0.25) is 4.79 Å². The lowest BCUT2D eigenvalue weighted by molar-refractivity contribution is -0.121. The zero-order valence-electron chi connectivity index (χ0n) is 13.6. The summed E-state index contributed by atoms with van der Waals surface area (Å²) in [5.41, 5.74) is 1.01. The Morgan fingerprint density at radius 3 is 2.52 bits per heavy atom. The first-order valence-corrected chi connectivity index (χ1v) is 7.80. The SMILES string of the molecule is Cn1ccnc1C(NC(=O)Cc1ccccc1F)c1ccc(F)cc1. The molecule has 0 saturated carbocycles. The number of carbonyl (C=O) groups is 1. The first-order valence-electron chi connectivity index (χ1n) is 7.80. The van der Waals surface area contributed by atoms with E-state index in [-0.39, 0.29) is 18.1 Å². The van der Waals surface area contributed by atoms with Gasteiger partial charge in [-0.05, 0) is 29.3 Å². The highest BCUT2D eigenvalue weighted by atomic mass is 19.1. The molecular formula is C19H17F2N3O. The van der Waals surface area contributed by atoms with Gasteiger partial charge in [-0.1, -0.05) is 30.3 Å². The van der Waals surface area contributed by atoms with Gasteiger partial charge in [0.15, 0.2) is 0 Å². The average molecular weight is 341 g/mol. The van der Waals surface area contributed by atoms with E-state index in [9.17, 15) is 13.6 Å². The normalized spacial score (nSPS) is 12.0. The predicted octanol–water partition coefficient (Wildman–Crippen LogP) is 3.15. The van der Waals surface area contributed by atoms with E-state index in [1.165, 1.54) is 18.2 Å². The molecule has 128 valence electrons. The number of rotatable bonds is 5. The van der Waals surface area contributed by atoms with E-state index < -0.39 is 11.9 Å². The summed E-state index contributed by atoms with van der Waals surface area (Å²) >= 11 is 0. The summed E-state index contributed by atoms with van der Waals surface area (Å²) in [6.45, 7) is 0. The van der Waals surface area contributed by atoms with Crippen LogP contribution in [0, 0.1) is 11.6 Å². The molecule has 2 aromatic carbocycles. The molecule has 1 unspecified atom stereocenters. The number of hydrogen-bond donors (Lipinski definition) is 1. The molecule has 3 aromatic rings. The van der Waals surface area contributed by atoms with Gasteiger partial charge in [-0.2, -0.15) is 0 Å². The summed E-state index contributed by atoms with van der Waals surface area (Å²) in [5.74, 6) is -0.524. The molecule has 1 atom stereocenters. The number of imidazole rings is 1. The Hall–Kier alpha value is -3.02. The number of halogens is 2. The number of benzene rings is 2. The molecule has 0 bridgehead atoms. The van der Waals surface area contributed by atoms with Crippen LogP contribution in [-0.4, -0.2) is 15.5 Å². The number of nitrogens with zero attached hydrogens (tertiary/aromatic N) is 2. The van der Waals surface area contributed by atoms with Crippen LogP contribution in [0.15, 0.2) is 60.9 Å². The summed E-state index contributed by atoms with van der Waals surface area (Å²) in [6, 6.07) is 11.4. The largest absolute Gasteiger partial charge is 0.342 e. The zero-order chi connectivity index (χ0) is 17.8. The van der Waals surface area contributed by atoms with Crippen molar-refractivity contribution in [2.75, 3.05) is 0 Å². The average Bonchev–Trinajstić information content (AvgIpc) is 3.01. The van der Waals surface area contributed by atoms with E-state index in [2.05, 4.69) is 10.3 Å². The first kappa shape index (κ1) is 16.8. The Balaban J connectivity index is 1.85. The van der Waals surface area contributed by atoms with Gasteiger partial charge in [0, 0.05) is 19.4 Å². The van der Waals surface area contributed by atoms with Gasteiger partial charge in [0.05, 0.1) is 6.42 Å². The highest BCUT2D eigenvalue weighted by molar-refractivity contribution is 5.79. The molecule has 0 aliphatic carbocycles. The lowest BCUT2D eigenvalue weighted by atomic mass is 10.0. The summed E-state index contributed by atoms with van der Waals surface area (Å²) < 4.78 is 28.7. The Morgan fingerprint density at radius 1 is 1.16 bits per heavy atom. The molecule has 1 heterocycles. The van der Waals surface area contributed by atoms with Crippen LogP contribution in [0.25, 0.3) is 0 Å². The molecule has 1 amide bonds. The second-order valence-corrected chi connectivity index (χ2v) is 5.72. The lowest BCUT2D eigenvalue weighted by Crippen LogP contribution is -2.32. The van der Waals surface area contributed by atoms with Crippen molar-refractivity contribution in [3.8, 4) is 0 Å². The van der Waals surface area contributed by atoms with Crippen LogP contribution < -0.4 is 5.32 Å². The maximum Gasteiger partial charge on any atom is 0.225 e. The van der Waals surface area contributed by atoms with E-state index in [0.29, 0.717) is 17.0 Å². The van der Waals surface area contributed by atoms with Crippen molar-refractivity contribution in [1.82, 2.24) is 14.9 Å². The maximum absolute atomic E-state index is 13.8. The van der Waals surface area contributed by atoms with Crippen molar-refractivity contribution in [2.45, 2.75) is 12.5 Å². The van der Waals surface area contributed by atoms with Crippen LogP contribution in [0.2, 0.25) is 0 Å². The number of aromatic nitrogens is 2. The van der Waals surface area contributed by atoms with Crippen LogP contribution in [0.3, 0.4) is 0 Å². The molecular weight excluding hydrogens is 324 g/mol. The van der Waals surface area contributed by atoms with Crippen LogP contribution in [0.1, 0.15) is 23.0 Å². The second kappa shape index (κ2) is 7.25.